The van der Waals surface area contributed by atoms with Gasteiger partial charge in [0, 0.05) is 30.8 Å². The standard InChI is InChI=1S/C41H53F4N5O9S/c1-7-58-31-17-25-12-15-46-34(28(25)19-29(31)43)59-27-18-30-33(51)47-41(36(53)48-60(56,57)40(22-42)13-14-40)20-26(41)11-9-8-10-23(2)16-24(3)32(35(52)49(30)21-27)50(37(54)55)38(4,5)39(6,44)45/h9,11-12,15,17,19,23-24,26-27,30,32H,7-8,10,13-14,16,18,20-22H2,1-6H3,(H,47,51)(H,48,53)(H,54,55)/b11-9-/t23-,24+,26+,27+,30-,32-,41+/m0/s1. The van der Waals surface area contributed by atoms with Gasteiger partial charge in [-0.15, -0.1) is 0 Å². The number of fused-ring (bicyclic) bond motifs is 3. The van der Waals surface area contributed by atoms with Gasteiger partial charge in [-0.2, -0.15) is 0 Å². The van der Waals surface area contributed by atoms with Gasteiger partial charge in [0.05, 0.1) is 13.2 Å². The summed E-state index contributed by atoms with van der Waals surface area (Å²) in [4.78, 5) is 62.5. The Bertz CT molecular complexity index is 2160. The molecule has 4 aliphatic rings. The molecule has 14 nitrogen and oxygen atoms in total. The number of allylic oxidation sites excluding steroid dienone is 1. The van der Waals surface area contributed by atoms with Gasteiger partial charge in [-0.25, -0.2) is 35.8 Å². The molecule has 60 heavy (non-hydrogen) atoms. The number of nitrogens with one attached hydrogen (secondary N) is 2. The van der Waals surface area contributed by atoms with E-state index >= 15 is 18.0 Å². The van der Waals surface area contributed by atoms with Crippen molar-refractivity contribution in [3.05, 3.63) is 42.4 Å². The number of sulfonamides is 1. The van der Waals surface area contributed by atoms with Crippen LogP contribution in [0.3, 0.4) is 0 Å². The fourth-order valence-electron chi connectivity index (χ4n) is 8.48. The third-order valence-electron chi connectivity index (χ3n) is 12.7. The van der Waals surface area contributed by atoms with Crippen molar-refractivity contribution in [3.63, 3.8) is 0 Å². The van der Waals surface area contributed by atoms with Crippen LogP contribution in [0.15, 0.2) is 36.5 Å². The molecule has 0 radical (unpaired) electrons. The van der Waals surface area contributed by atoms with Crippen LogP contribution >= 0.6 is 0 Å². The normalized spacial score (nSPS) is 28.9. The average Bonchev–Trinajstić information content (AvgIpc) is 4.06. The quantitative estimate of drug-likeness (QED) is 0.186. The molecule has 2 saturated carbocycles. The number of rotatable bonds is 11. The molecule has 1 aromatic carbocycles. The van der Waals surface area contributed by atoms with E-state index in [1.165, 1.54) is 12.3 Å². The number of nitrogens with zero attached hydrogens (tertiary/aromatic N) is 3. The molecular formula is C41H53F4N5O9S. The Hall–Kier alpha value is -4.68. The highest BCUT2D eigenvalue weighted by molar-refractivity contribution is 7.91. The van der Waals surface area contributed by atoms with Gasteiger partial charge in [-0.1, -0.05) is 26.0 Å². The number of amides is 4. The highest BCUT2D eigenvalue weighted by Crippen LogP contribution is 2.48. The van der Waals surface area contributed by atoms with E-state index in [4.69, 9.17) is 9.47 Å². The number of benzene rings is 1. The molecule has 19 heteroatoms. The van der Waals surface area contributed by atoms with Crippen LogP contribution < -0.4 is 19.5 Å². The second-order valence-electron chi connectivity index (χ2n) is 17.4. The predicted molar refractivity (Wildman–Crippen MR) is 211 cm³/mol. The summed E-state index contributed by atoms with van der Waals surface area (Å²) in [6.45, 7) is 6.36. The maximum atomic E-state index is 15.4. The molecule has 6 rings (SSSR count). The molecule has 7 atom stereocenters. The zero-order valence-corrected chi connectivity index (χ0v) is 35.3. The van der Waals surface area contributed by atoms with Crippen molar-refractivity contribution < 1.29 is 59.7 Å². The summed E-state index contributed by atoms with van der Waals surface area (Å²) in [6, 6.07) is 0.971. The van der Waals surface area contributed by atoms with E-state index in [1.54, 1.807) is 32.1 Å². The van der Waals surface area contributed by atoms with E-state index in [9.17, 15) is 32.3 Å². The van der Waals surface area contributed by atoms with E-state index in [0.717, 1.165) is 24.8 Å². The van der Waals surface area contributed by atoms with Gasteiger partial charge in [0.25, 0.3) is 11.8 Å². The first-order valence-electron chi connectivity index (χ1n) is 20.2. The number of halogens is 4. The number of ether oxygens (including phenoxy) is 2. The maximum Gasteiger partial charge on any atom is 0.408 e. The van der Waals surface area contributed by atoms with Crippen LogP contribution in [-0.2, 0) is 24.4 Å². The number of carbonyl (C=O) groups is 4. The molecule has 330 valence electrons. The van der Waals surface area contributed by atoms with E-state index in [0.29, 0.717) is 30.1 Å². The van der Waals surface area contributed by atoms with Crippen molar-refractivity contribution in [2.45, 2.75) is 126 Å². The maximum absolute atomic E-state index is 15.4. The van der Waals surface area contributed by atoms with Gasteiger partial charge in [0.2, 0.25) is 27.7 Å². The fraction of sp³-hybridized carbons (Fsp3) is 0.634. The lowest BCUT2D eigenvalue weighted by Gasteiger charge is -2.47. The van der Waals surface area contributed by atoms with Crippen LogP contribution in [0.2, 0.25) is 0 Å². The first-order chi connectivity index (χ1) is 28.0. The number of hydrogen-bond acceptors (Lipinski definition) is 9. The summed E-state index contributed by atoms with van der Waals surface area (Å²) in [5.41, 5.74) is -4.26. The molecule has 3 N–H and O–H groups in total. The molecule has 3 fully saturated rings. The second-order valence-corrected chi connectivity index (χ2v) is 19.5. The summed E-state index contributed by atoms with van der Waals surface area (Å²) >= 11 is 0. The molecule has 0 unspecified atom stereocenters. The average molecular weight is 868 g/mol. The number of carboxylic acid groups (broad SMARTS) is 1. The summed E-state index contributed by atoms with van der Waals surface area (Å²) in [7, 11) is -4.50. The van der Waals surface area contributed by atoms with Crippen molar-refractivity contribution in [2.24, 2.45) is 17.8 Å². The van der Waals surface area contributed by atoms with Crippen LogP contribution in [-0.4, -0.2) is 112 Å². The molecule has 3 heterocycles. The van der Waals surface area contributed by atoms with E-state index in [1.807, 2.05) is 11.6 Å². The van der Waals surface area contributed by atoms with Crippen LogP contribution in [0, 0.1) is 23.6 Å². The van der Waals surface area contributed by atoms with Crippen molar-refractivity contribution in [3.8, 4) is 11.6 Å². The largest absolute Gasteiger partial charge is 0.491 e. The van der Waals surface area contributed by atoms with Crippen molar-refractivity contribution in [2.75, 3.05) is 19.8 Å². The zero-order chi connectivity index (χ0) is 44.2. The Morgan fingerprint density at radius 3 is 2.47 bits per heavy atom. The molecule has 1 saturated heterocycles. The minimum Gasteiger partial charge on any atom is -0.491 e. The van der Waals surface area contributed by atoms with Gasteiger partial charge < -0.3 is 24.8 Å². The van der Waals surface area contributed by atoms with Gasteiger partial charge >= 0.3 is 6.09 Å². The highest BCUT2D eigenvalue weighted by atomic mass is 32.2. The Morgan fingerprint density at radius 1 is 1.15 bits per heavy atom. The summed E-state index contributed by atoms with van der Waals surface area (Å²) in [6.07, 6.45) is 2.91. The molecule has 2 aliphatic heterocycles. The van der Waals surface area contributed by atoms with E-state index in [2.05, 4.69) is 10.3 Å². The van der Waals surface area contributed by atoms with Crippen molar-refractivity contribution in [1.82, 2.24) is 24.8 Å². The third-order valence-corrected chi connectivity index (χ3v) is 14.9. The first-order valence-corrected chi connectivity index (χ1v) is 21.7. The number of hydrogen-bond donors (Lipinski definition) is 3. The fourth-order valence-corrected chi connectivity index (χ4v) is 9.90. The van der Waals surface area contributed by atoms with Crippen molar-refractivity contribution >= 4 is 44.6 Å². The number of alkyl halides is 3. The lowest BCUT2D eigenvalue weighted by atomic mass is 9.84. The molecule has 1 aromatic heterocycles. The van der Waals surface area contributed by atoms with Crippen molar-refractivity contribution in [1.29, 1.82) is 0 Å². The minimum atomic E-state index is -4.50. The lowest BCUT2D eigenvalue weighted by Crippen LogP contribution is -2.66. The van der Waals surface area contributed by atoms with E-state index in [-0.39, 0.29) is 68.2 Å². The van der Waals surface area contributed by atoms with Crippen LogP contribution in [0.1, 0.15) is 86.5 Å². The van der Waals surface area contributed by atoms with Crippen LogP contribution in [0.4, 0.5) is 22.4 Å². The highest BCUT2D eigenvalue weighted by Gasteiger charge is 2.64. The lowest BCUT2D eigenvalue weighted by molar-refractivity contribution is -0.156. The van der Waals surface area contributed by atoms with Gasteiger partial charge in [-0.3, -0.25) is 24.0 Å². The summed E-state index contributed by atoms with van der Waals surface area (Å²) in [5.74, 6) is -9.12. The Kier molecular flexibility index (Phi) is 12.2. The molecule has 0 bridgehead atoms. The first kappa shape index (κ1) is 44.9. The second kappa shape index (κ2) is 16.3. The molecule has 4 amide bonds. The van der Waals surface area contributed by atoms with Gasteiger partial charge in [0.1, 0.15) is 40.7 Å². The molecule has 2 aromatic rings. The molecule has 0 spiro atoms. The zero-order valence-electron chi connectivity index (χ0n) is 34.5. The molecular weight excluding hydrogens is 815 g/mol. The van der Waals surface area contributed by atoms with Gasteiger partial charge in [-0.05, 0) is 94.7 Å². The van der Waals surface area contributed by atoms with E-state index < -0.39 is 98.1 Å². The summed E-state index contributed by atoms with van der Waals surface area (Å²) in [5, 5.41) is 14.0. The summed E-state index contributed by atoms with van der Waals surface area (Å²) < 4.78 is 98.0. The Labute approximate surface area is 346 Å². The third kappa shape index (κ3) is 8.34. The Morgan fingerprint density at radius 2 is 1.85 bits per heavy atom. The SMILES string of the molecule is CCOc1cc2ccnc(O[C@@H]3C[C@H]4C(=O)N[C@]5(C(=O)NS(=O)(=O)C6(CF)CC6)C[C@H]5/C=C\CC[C@H](C)C[C@@H](C)[C@H](N(C(=O)O)C(C)(C)C(C)(F)F)C(=O)N4C3)c2cc1F. The predicted octanol–water partition coefficient (Wildman–Crippen LogP) is 5.74. The smallest absolute Gasteiger partial charge is 0.408 e. The van der Waals surface area contributed by atoms with Crippen LogP contribution in [0.25, 0.3) is 10.8 Å². The van der Waals surface area contributed by atoms with Gasteiger partial charge in [0.15, 0.2) is 11.6 Å². The number of carbonyl (C=O) groups excluding carboxylic acids is 3. The van der Waals surface area contributed by atoms with Crippen LogP contribution in [0.5, 0.6) is 11.6 Å². The minimum absolute atomic E-state index is 0.00706. The monoisotopic (exact) mass is 867 g/mol. The Balaban J connectivity index is 1.42. The number of aromatic nitrogens is 1. The number of pyridine rings is 1. The molecule has 2 aliphatic carbocycles. The topological polar surface area (TPSA) is 185 Å².